The zero-order chi connectivity index (χ0) is 13.1. The van der Waals surface area contributed by atoms with Crippen LogP contribution in [0, 0.1) is 11.5 Å². The van der Waals surface area contributed by atoms with E-state index in [4.69, 9.17) is 4.74 Å². The lowest BCUT2D eigenvalue weighted by molar-refractivity contribution is 0.112. The summed E-state index contributed by atoms with van der Waals surface area (Å²) in [5, 5.41) is 9.65. The van der Waals surface area contributed by atoms with E-state index in [2.05, 4.69) is 31.1 Å². The first kappa shape index (κ1) is 13.3. The predicted octanol–water partition coefficient (Wildman–Crippen LogP) is 2.44. The van der Waals surface area contributed by atoms with E-state index in [-0.39, 0.29) is 17.1 Å². The molecule has 0 fully saturated rings. The zero-order valence-corrected chi connectivity index (χ0v) is 11.5. The lowest BCUT2D eigenvalue weighted by Crippen LogP contribution is -2.16. The summed E-state index contributed by atoms with van der Waals surface area (Å²) in [4.78, 5) is 10.8. The van der Waals surface area contributed by atoms with Crippen LogP contribution in [0.3, 0.4) is 0 Å². The fraction of sp³-hybridized carbons (Fsp3) is 0.308. The Morgan fingerprint density at radius 1 is 1.35 bits per heavy atom. The first-order valence-electron chi connectivity index (χ1n) is 5.27. The highest BCUT2D eigenvalue weighted by atomic mass is 28.3. The summed E-state index contributed by atoms with van der Waals surface area (Å²) in [6.45, 7) is 6.41. The van der Waals surface area contributed by atoms with Gasteiger partial charge in [0.15, 0.2) is 17.8 Å². The molecule has 0 aliphatic carbocycles. The monoisotopic (exact) mass is 248 g/mol. The maximum atomic E-state index is 10.8. The summed E-state index contributed by atoms with van der Waals surface area (Å²) in [6, 6.07) is 3.20. The van der Waals surface area contributed by atoms with Gasteiger partial charge in [0.05, 0.1) is 12.7 Å². The highest BCUT2D eigenvalue weighted by Crippen LogP contribution is 2.30. The van der Waals surface area contributed by atoms with E-state index in [1.807, 2.05) is 0 Å². The number of carbonyl (C=O) groups excluding carboxylic acids is 1. The maximum absolute atomic E-state index is 10.8. The minimum Gasteiger partial charge on any atom is -0.504 e. The molecular formula is C13H16O3Si. The molecule has 0 amide bonds. The topological polar surface area (TPSA) is 46.5 Å². The minimum absolute atomic E-state index is 0.138. The Morgan fingerprint density at radius 3 is 2.47 bits per heavy atom. The van der Waals surface area contributed by atoms with Crippen LogP contribution in [0.4, 0.5) is 0 Å². The second-order valence-electron chi connectivity index (χ2n) is 4.73. The van der Waals surface area contributed by atoms with E-state index in [1.165, 1.54) is 7.11 Å². The molecule has 1 aromatic rings. The number of hydrogen-bond donors (Lipinski definition) is 1. The van der Waals surface area contributed by atoms with Crippen molar-refractivity contribution in [3.63, 3.8) is 0 Å². The average Bonchev–Trinajstić information content (AvgIpc) is 2.26. The van der Waals surface area contributed by atoms with Crippen molar-refractivity contribution in [1.82, 2.24) is 0 Å². The number of hydrogen-bond acceptors (Lipinski definition) is 3. The molecule has 0 saturated carbocycles. The number of aromatic hydroxyl groups is 1. The van der Waals surface area contributed by atoms with E-state index in [1.54, 1.807) is 12.1 Å². The van der Waals surface area contributed by atoms with Crippen LogP contribution < -0.4 is 4.74 Å². The quantitative estimate of drug-likeness (QED) is 0.497. The molecule has 4 heteroatoms. The molecule has 1 N–H and O–H groups in total. The molecule has 17 heavy (non-hydrogen) atoms. The lowest BCUT2D eigenvalue weighted by atomic mass is 10.1. The molecule has 0 radical (unpaired) electrons. The molecule has 0 saturated heterocycles. The molecule has 0 atom stereocenters. The van der Waals surface area contributed by atoms with Crippen molar-refractivity contribution in [1.29, 1.82) is 0 Å². The van der Waals surface area contributed by atoms with Gasteiger partial charge < -0.3 is 9.84 Å². The zero-order valence-electron chi connectivity index (χ0n) is 10.5. The van der Waals surface area contributed by atoms with Crippen molar-refractivity contribution in [3.05, 3.63) is 23.3 Å². The molecule has 0 aromatic heterocycles. The fourth-order valence-corrected chi connectivity index (χ4v) is 1.73. The number of rotatable bonds is 2. The van der Waals surface area contributed by atoms with Crippen molar-refractivity contribution < 1.29 is 14.6 Å². The van der Waals surface area contributed by atoms with E-state index in [0.717, 1.165) is 0 Å². The Labute approximate surface area is 102 Å². The van der Waals surface area contributed by atoms with Crippen LogP contribution in [-0.4, -0.2) is 26.6 Å². The number of phenolic OH excluding ortho intramolecular Hbond substituents is 1. The highest BCUT2D eigenvalue weighted by Gasteiger charge is 2.10. The van der Waals surface area contributed by atoms with Gasteiger partial charge >= 0.3 is 0 Å². The molecule has 90 valence electrons. The smallest absolute Gasteiger partial charge is 0.168 e. The van der Waals surface area contributed by atoms with E-state index in [9.17, 15) is 9.90 Å². The minimum atomic E-state index is -1.46. The van der Waals surface area contributed by atoms with Gasteiger partial charge in [-0.2, -0.15) is 0 Å². The third-order valence-electron chi connectivity index (χ3n) is 2.03. The van der Waals surface area contributed by atoms with Crippen molar-refractivity contribution in [2.24, 2.45) is 0 Å². The van der Waals surface area contributed by atoms with Crippen LogP contribution in [0.2, 0.25) is 19.6 Å². The molecule has 1 rings (SSSR count). The van der Waals surface area contributed by atoms with Crippen molar-refractivity contribution in [3.8, 4) is 23.0 Å². The Kier molecular flexibility index (Phi) is 3.97. The first-order chi connectivity index (χ1) is 7.87. The molecule has 0 aliphatic heterocycles. The van der Waals surface area contributed by atoms with Crippen LogP contribution in [0.25, 0.3) is 0 Å². The maximum Gasteiger partial charge on any atom is 0.168 e. The number of benzene rings is 1. The molecule has 0 unspecified atom stereocenters. The van der Waals surface area contributed by atoms with Gasteiger partial charge in [0.1, 0.15) is 8.07 Å². The van der Waals surface area contributed by atoms with Crippen LogP contribution in [0.1, 0.15) is 15.9 Å². The van der Waals surface area contributed by atoms with Gasteiger partial charge in [-0.05, 0) is 12.1 Å². The summed E-state index contributed by atoms with van der Waals surface area (Å²) in [5.41, 5.74) is 4.08. The summed E-state index contributed by atoms with van der Waals surface area (Å²) in [7, 11) is -0.0177. The summed E-state index contributed by atoms with van der Waals surface area (Å²) < 4.78 is 4.99. The standard InChI is InChI=1S/C13H16O3Si/c1-16-12-8-10(5-6-17(2,3)4)7-11(9-14)13(12)15/h7-9,15H,1-4H3. The number of carbonyl (C=O) groups is 1. The van der Waals surface area contributed by atoms with Gasteiger partial charge in [-0.15, -0.1) is 5.54 Å². The number of aldehydes is 1. The van der Waals surface area contributed by atoms with Gasteiger partial charge in [-0.1, -0.05) is 25.6 Å². The van der Waals surface area contributed by atoms with Gasteiger partial charge in [0.25, 0.3) is 0 Å². The molecule has 0 aliphatic rings. The van der Waals surface area contributed by atoms with E-state index >= 15 is 0 Å². The third-order valence-corrected chi connectivity index (χ3v) is 2.91. The second-order valence-corrected chi connectivity index (χ2v) is 9.48. The van der Waals surface area contributed by atoms with Crippen LogP contribution >= 0.6 is 0 Å². The second kappa shape index (κ2) is 5.06. The molecule has 0 bridgehead atoms. The fourth-order valence-electron chi connectivity index (χ4n) is 1.21. The van der Waals surface area contributed by atoms with E-state index < -0.39 is 8.07 Å². The highest BCUT2D eigenvalue weighted by molar-refractivity contribution is 6.83. The Morgan fingerprint density at radius 2 is 2.00 bits per heavy atom. The largest absolute Gasteiger partial charge is 0.504 e. The summed E-state index contributed by atoms with van der Waals surface area (Å²) >= 11 is 0. The van der Waals surface area contributed by atoms with Gasteiger partial charge in [0, 0.05) is 5.56 Å². The van der Waals surface area contributed by atoms with Crippen molar-refractivity contribution in [2.75, 3.05) is 7.11 Å². The lowest BCUT2D eigenvalue weighted by Gasteiger charge is -2.07. The first-order valence-corrected chi connectivity index (χ1v) is 8.77. The van der Waals surface area contributed by atoms with Crippen molar-refractivity contribution >= 4 is 14.4 Å². The number of methoxy groups -OCH3 is 1. The normalized spacial score (nSPS) is 10.4. The number of ether oxygens (including phenoxy) is 1. The summed E-state index contributed by atoms with van der Waals surface area (Å²) in [6.07, 6.45) is 0.595. The Hall–Kier alpha value is -1.73. The molecule has 3 nitrogen and oxygen atoms in total. The molecule has 0 heterocycles. The SMILES string of the molecule is COc1cc(C#C[Si](C)(C)C)cc(C=O)c1O. The molecular weight excluding hydrogens is 232 g/mol. The number of phenols is 1. The third kappa shape index (κ3) is 3.65. The predicted molar refractivity (Wildman–Crippen MR) is 70.3 cm³/mol. The van der Waals surface area contributed by atoms with Crippen LogP contribution in [-0.2, 0) is 0 Å². The van der Waals surface area contributed by atoms with E-state index in [0.29, 0.717) is 11.8 Å². The molecule has 0 spiro atoms. The molecule has 1 aromatic carbocycles. The van der Waals surface area contributed by atoms with Crippen LogP contribution in [0.5, 0.6) is 11.5 Å². The van der Waals surface area contributed by atoms with Gasteiger partial charge in [-0.3, -0.25) is 4.79 Å². The van der Waals surface area contributed by atoms with Gasteiger partial charge in [-0.25, -0.2) is 0 Å². The summed E-state index contributed by atoms with van der Waals surface area (Å²) in [5.74, 6) is 3.16. The van der Waals surface area contributed by atoms with Crippen LogP contribution in [0.15, 0.2) is 12.1 Å². The average molecular weight is 248 g/mol. The Bertz CT molecular complexity index is 490. The van der Waals surface area contributed by atoms with Gasteiger partial charge in [0.2, 0.25) is 0 Å². The van der Waals surface area contributed by atoms with Crippen molar-refractivity contribution in [2.45, 2.75) is 19.6 Å². The Balaban J connectivity index is 3.26.